The second-order valence-corrected chi connectivity index (χ2v) is 5.47. The third-order valence-electron chi connectivity index (χ3n) is 3.61. The van der Waals surface area contributed by atoms with Gasteiger partial charge in [-0.15, -0.1) is 0 Å². The minimum atomic E-state index is 0.0642. The SMILES string of the molecule is CC(C)C(=O)N1CCCCCC1c1ccn(C)n1. The summed E-state index contributed by atoms with van der Waals surface area (Å²) in [6, 6.07) is 2.21. The first-order chi connectivity index (χ1) is 8.59. The van der Waals surface area contributed by atoms with Gasteiger partial charge in [0.25, 0.3) is 0 Å². The normalized spacial score (nSPS) is 21.1. The molecule has 1 atom stereocenters. The lowest BCUT2D eigenvalue weighted by Gasteiger charge is -2.30. The molecule has 1 aromatic rings. The van der Waals surface area contributed by atoms with E-state index in [9.17, 15) is 4.79 Å². The quantitative estimate of drug-likeness (QED) is 0.807. The molecule has 0 aliphatic carbocycles. The van der Waals surface area contributed by atoms with Crippen molar-refractivity contribution < 1.29 is 4.79 Å². The van der Waals surface area contributed by atoms with Crippen molar-refractivity contribution in [3.8, 4) is 0 Å². The Morgan fingerprint density at radius 1 is 1.39 bits per heavy atom. The van der Waals surface area contributed by atoms with Crippen LogP contribution in [0.5, 0.6) is 0 Å². The highest BCUT2D eigenvalue weighted by Gasteiger charge is 2.29. The molecule has 18 heavy (non-hydrogen) atoms. The van der Waals surface area contributed by atoms with Gasteiger partial charge in [-0.05, 0) is 18.9 Å². The monoisotopic (exact) mass is 249 g/mol. The van der Waals surface area contributed by atoms with Crippen LogP contribution in [-0.2, 0) is 11.8 Å². The molecular weight excluding hydrogens is 226 g/mol. The Hall–Kier alpha value is -1.32. The van der Waals surface area contributed by atoms with Crippen LogP contribution in [0.2, 0.25) is 0 Å². The number of aryl methyl sites for hydroxylation is 1. The Labute approximate surface area is 109 Å². The maximum absolute atomic E-state index is 12.3. The number of rotatable bonds is 2. The molecule has 1 fully saturated rings. The standard InChI is InChI=1S/C14H23N3O/c1-11(2)14(18)17-9-6-4-5-7-13(17)12-8-10-16(3)15-12/h8,10-11,13H,4-7,9H2,1-3H3. The van der Waals surface area contributed by atoms with Crippen molar-refractivity contribution in [2.75, 3.05) is 6.54 Å². The van der Waals surface area contributed by atoms with E-state index in [2.05, 4.69) is 5.10 Å². The van der Waals surface area contributed by atoms with Crippen LogP contribution in [0.1, 0.15) is 51.3 Å². The Morgan fingerprint density at radius 2 is 2.17 bits per heavy atom. The van der Waals surface area contributed by atoms with Crippen LogP contribution in [0.15, 0.2) is 12.3 Å². The van der Waals surface area contributed by atoms with Gasteiger partial charge in [0.05, 0.1) is 11.7 Å². The molecule has 0 spiro atoms. The van der Waals surface area contributed by atoms with Crippen LogP contribution in [-0.4, -0.2) is 27.1 Å². The maximum atomic E-state index is 12.3. The van der Waals surface area contributed by atoms with Crippen LogP contribution in [0, 0.1) is 5.92 Å². The van der Waals surface area contributed by atoms with Gasteiger partial charge in [-0.2, -0.15) is 5.10 Å². The highest BCUT2D eigenvalue weighted by Crippen LogP contribution is 2.30. The van der Waals surface area contributed by atoms with Gasteiger partial charge in [0, 0.05) is 25.7 Å². The van der Waals surface area contributed by atoms with E-state index < -0.39 is 0 Å². The summed E-state index contributed by atoms with van der Waals surface area (Å²) in [4.78, 5) is 14.4. The van der Waals surface area contributed by atoms with Crippen LogP contribution < -0.4 is 0 Å². The van der Waals surface area contributed by atoms with Crippen molar-refractivity contribution in [2.45, 2.75) is 45.6 Å². The minimum Gasteiger partial charge on any atom is -0.334 e. The van der Waals surface area contributed by atoms with Crippen molar-refractivity contribution in [1.29, 1.82) is 0 Å². The van der Waals surface area contributed by atoms with Crippen molar-refractivity contribution in [1.82, 2.24) is 14.7 Å². The third-order valence-corrected chi connectivity index (χ3v) is 3.61. The van der Waals surface area contributed by atoms with Gasteiger partial charge >= 0.3 is 0 Å². The van der Waals surface area contributed by atoms with Crippen LogP contribution in [0.4, 0.5) is 0 Å². The zero-order chi connectivity index (χ0) is 13.1. The lowest BCUT2D eigenvalue weighted by Crippen LogP contribution is -2.37. The Balaban J connectivity index is 2.24. The Morgan fingerprint density at radius 3 is 2.78 bits per heavy atom. The number of hydrogen-bond acceptors (Lipinski definition) is 2. The summed E-state index contributed by atoms with van der Waals surface area (Å²) in [5.41, 5.74) is 1.04. The van der Waals surface area contributed by atoms with E-state index in [1.165, 1.54) is 12.8 Å². The molecule has 1 aliphatic heterocycles. The fourth-order valence-electron chi connectivity index (χ4n) is 2.62. The molecule has 1 amide bonds. The highest BCUT2D eigenvalue weighted by molar-refractivity contribution is 5.78. The van der Waals surface area contributed by atoms with Crippen molar-refractivity contribution >= 4 is 5.91 Å². The van der Waals surface area contributed by atoms with Crippen molar-refractivity contribution in [3.63, 3.8) is 0 Å². The van der Waals surface area contributed by atoms with Crippen molar-refractivity contribution in [2.24, 2.45) is 13.0 Å². The maximum Gasteiger partial charge on any atom is 0.225 e. The summed E-state index contributed by atoms with van der Waals surface area (Å²) < 4.78 is 1.82. The first kappa shape index (κ1) is 13.1. The largest absolute Gasteiger partial charge is 0.334 e. The molecule has 2 rings (SSSR count). The fraction of sp³-hybridized carbons (Fsp3) is 0.714. The van der Waals surface area contributed by atoms with Crippen LogP contribution in [0.3, 0.4) is 0 Å². The predicted octanol–water partition coefficient (Wildman–Crippen LogP) is 2.52. The lowest BCUT2D eigenvalue weighted by atomic mass is 10.1. The van der Waals surface area contributed by atoms with Crippen molar-refractivity contribution in [3.05, 3.63) is 18.0 Å². The number of nitrogens with zero attached hydrogens (tertiary/aromatic N) is 3. The molecule has 4 nitrogen and oxygen atoms in total. The highest BCUT2D eigenvalue weighted by atomic mass is 16.2. The van der Waals surface area contributed by atoms with Gasteiger partial charge in [-0.3, -0.25) is 9.48 Å². The average Bonchev–Trinajstić information content (AvgIpc) is 2.63. The molecule has 0 aromatic carbocycles. The molecule has 100 valence electrons. The van der Waals surface area contributed by atoms with E-state index in [4.69, 9.17) is 0 Å². The second-order valence-electron chi connectivity index (χ2n) is 5.47. The Kier molecular flexibility index (Phi) is 4.04. The Bertz CT molecular complexity index is 411. The number of likely N-dealkylation sites (tertiary alicyclic amines) is 1. The molecule has 2 heterocycles. The van der Waals surface area contributed by atoms with Crippen LogP contribution >= 0.6 is 0 Å². The first-order valence-corrected chi connectivity index (χ1v) is 6.89. The molecule has 0 saturated carbocycles. The fourth-order valence-corrected chi connectivity index (χ4v) is 2.62. The van der Waals surface area contributed by atoms with E-state index in [0.717, 1.165) is 25.1 Å². The number of amides is 1. The van der Waals surface area contributed by atoms with E-state index in [-0.39, 0.29) is 17.9 Å². The van der Waals surface area contributed by atoms with Gasteiger partial charge in [-0.25, -0.2) is 0 Å². The average molecular weight is 249 g/mol. The minimum absolute atomic E-state index is 0.0642. The summed E-state index contributed by atoms with van der Waals surface area (Å²) in [6.45, 7) is 4.82. The molecule has 0 bridgehead atoms. The number of hydrogen-bond donors (Lipinski definition) is 0. The number of carbonyl (C=O) groups excluding carboxylic acids is 1. The molecular formula is C14H23N3O. The smallest absolute Gasteiger partial charge is 0.225 e. The zero-order valence-electron chi connectivity index (χ0n) is 11.6. The summed E-state index contributed by atoms with van der Waals surface area (Å²) in [5.74, 6) is 0.321. The topological polar surface area (TPSA) is 38.1 Å². The summed E-state index contributed by atoms with van der Waals surface area (Å²) >= 11 is 0. The molecule has 1 aromatic heterocycles. The lowest BCUT2D eigenvalue weighted by molar-refractivity contribution is -0.137. The molecule has 1 aliphatic rings. The predicted molar refractivity (Wildman–Crippen MR) is 71.0 cm³/mol. The second kappa shape index (κ2) is 5.55. The molecule has 4 heteroatoms. The van der Waals surface area contributed by atoms with E-state index in [1.54, 1.807) is 0 Å². The van der Waals surface area contributed by atoms with Gasteiger partial charge in [0.1, 0.15) is 0 Å². The molecule has 1 unspecified atom stereocenters. The van der Waals surface area contributed by atoms with Gasteiger partial charge in [-0.1, -0.05) is 26.7 Å². The van der Waals surface area contributed by atoms with Gasteiger partial charge in [0.15, 0.2) is 0 Å². The molecule has 0 radical (unpaired) electrons. The number of carbonyl (C=O) groups is 1. The third kappa shape index (κ3) is 2.74. The van der Waals surface area contributed by atoms with Gasteiger partial charge < -0.3 is 4.90 Å². The van der Waals surface area contributed by atoms with E-state index in [1.807, 2.05) is 42.7 Å². The molecule has 0 N–H and O–H groups in total. The summed E-state index contributed by atoms with van der Waals surface area (Å²) in [6.07, 6.45) is 6.50. The van der Waals surface area contributed by atoms with E-state index >= 15 is 0 Å². The number of aromatic nitrogens is 2. The first-order valence-electron chi connectivity index (χ1n) is 6.89. The summed E-state index contributed by atoms with van der Waals surface area (Å²) in [7, 11) is 1.93. The van der Waals surface area contributed by atoms with E-state index in [0.29, 0.717) is 0 Å². The molecule has 1 saturated heterocycles. The summed E-state index contributed by atoms with van der Waals surface area (Å²) in [5, 5.41) is 4.49. The van der Waals surface area contributed by atoms with Crippen LogP contribution in [0.25, 0.3) is 0 Å². The van der Waals surface area contributed by atoms with Gasteiger partial charge in [0.2, 0.25) is 5.91 Å². The zero-order valence-corrected chi connectivity index (χ0v) is 11.6.